The van der Waals surface area contributed by atoms with Crippen molar-refractivity contribution in [3.63, 3.8) is 0 Å². The van der Waals surface area contributed by atoms with E-state index in [2.05, 4.69) is 27.5 Å². The Morgan fingerprint density at radius 3 is 2.73 bits per heavy atom. The number of hydrogen-bond acceptors (Lipinski definition) is 5. The predicted molar refractivity (Wildman–Crippen MR) is 119 cm³/mol. The molecule has 0 bridgehead atoms. The number of thiocarbonyl (C=S) groups is 1. The topological polar surface area (TPSA) is 66.1 Å². The fraction of sp³-hybridized carbons (Fsp3) is 0.333. The van der Waals surface area contributed by atoms with E-state index < -0.39 is 18.0 Å². The van der Waals surface area contributed by atoms with Crippen molar-refractivity contribution in [2.45, 2.75) is 25.4 Å². The lowest BCUT2D eigenvalue weighted by atomic mass is 10.1. The van der Waals surface area contributed by atoms with Gasteiger partial charge < -0.3 is 15.4 Å². The molecule has 1 saturated heterocycles. The van der Waals surface area contributed by atoms with Crippen molar-refractivity contribution in [2.24, 2.45) is 10.8 Å². The molecular weight excluding hydrogens is 465 g/mol. The van der Waals surface area contributed by atoms with Crippen molar-refractivity contribution < 1.29 is 26.7 Å². The van der Waals surface area contributed by atoms with Crippen LogP contribution in [0.25, 0.3) is 0 Å². The maximum absolute atomic E-state index is 14.7. The second kappa shape index (κ2) is 10.3. The van der Waals surface area contributed by atoms with Gasteiger partial charge in [0.2, 0.25) is 0 Å². The van der Waals surface area contributed by atoms with E-state index in [9.17, 15) is 22.0 Å². The van der Waals surface area contributed by atoms with Gasteiger partial charge in [-0.3, -0.25) is 10.3 Å². The summed E-state index contributed by atoms with van der Waals surface area (Å²) in [6, 6.07) is 7.95. The Kier molecular flexibility index (Phi) is 7.69. The first-order valence-electron chi connectivity index (χ1n) is 9.90. The summed E-state index contributed by atoms with van der Waals surface area (Å²) < 4.78 is 71.2. The number of para-hydroxylation sites is 1. The Bertz CT molecular complexity index is 1030. The van der Waals surface area contributed by atoms with E-state index in [0.29, 0.717) is 25.1 Å². The molecule has 0 radical (unpaired) electrons. The van der Waals surface area contributed by atoms with Crippen molar-refractivity contribution in [3.05, 3.63) is 59.2 Å². The second-order valence-electron chi connectivity index (χ2n) is 7.52. The summed E-state index contributed by atoms with van der Waals surface area (Å²) in [5.74, 6) is -1.56. The third-order valence-electron chi connectivity index (χ3n) is 5.19. The van der Waals surface area contributed by atoms with Crippen LogP contribution in [0.2, 0.25) is 0 Å². The molecule has 33 heavy (non-hydrogen) atoms. The third kappa shape index (κ3) is 6.75. The number of halogens is 5. The Hall–Kier alpha value is -2.99. The van der Waals surface area contributed by atoms with Gasteiger partial charge in [-0.05, 0) is 37.8 Å². The third-order valence-corrected chi connectivity index (χ3v) is 5.28. The Morgan fingerprint density at radius 1 is 1.30 bits per heavy atom. The molecule has 6 nitrogen and oxygen atoms in total. The van der Waals surface area contributed by atoms with Crippen LogP contribution in [0.5, 0.6) is 5.75 Å². The van der Waals surface area contributed by atoms with Gasteiger partial charge in [0.15, 0.2) is 5.11 Å². The molecule has 1 aliphatic heterocycles. The van der Waals surface area contributed by atoms with Crippen LogP contribution in [0.1, 0.15) is 17.5 Å². The summed E-state index contributed by atoms with van der Waals surface area (Å²) in [5, 5.41) is 3.52. The first-order chi connectivity index (χ1) is 15.5. The predicted octanol–water partition coefficient (Wildman–Crippen LogP) is 3.74. The summed E-state index contributed by atoms with van der Waals surface area (Å²) in [5.41, 5.74) is 7.89. The lowest BCUT2D eigenvalue weighted by molar-refractivity contribution is -0.275. The summed E-state index contributed by atoms with van der Waals surface area (Å²) in [6.45, 7) is 1.04. The van der Waals surface area contributed by atoms with Gasteiger partial charge in [0.25, 0.3) is 0 Å². The van der Waals surface area contributed by atoms with Crippen LogP contribution in [-0.4, -0.2) is 48.8 Å². The standard InChI is InChI=1S/C21H22F5N5OS/c1-30(11-13-4-2-3-5-19(13)32-21(24,25)26)15-6-7-31(12-15)18-9-16(22)14(8-17(18)23)10-28-29-20(27)33/h2-5,8-10,15H,6-7,11-12H2,1H3,(H3,27,29,33). The molecular formula is C21H22F5N5OS. The smallest absolute Gasteiger partial charge is 0.405 e. The van der Waals surface area contributed by atoms with Crippen molar-refractivity contribution in [1.29, 1.82) is 0 Å². The van der Waals surface area contributed by atoms with Gasteiger partial charge in [-0.25, -0.2) is 8.78 Å². The zero-order valence-corrected chi connectivity index (χ0v) is 18.4. The van der Waals surface area contributed by atoms with Crippen molar-refractivity contribution in [3.8, 4) is 5.75 Å². The normalized spacial score (nSPS) is 16.6. The van der Waals surface area contributed by atoms with Gasteiger partial charge in [-0.15, -0.1) is 13.2 Å². The number of nitrogens with one attached hydrogen (secondary N) is 1. The van der Waals surface area contributed by atoms with Gasteiger partial charge >= 0.3 is 6.36 Å². The van der Waals surface area contributed by atoms with Crippen molar-refractivity contribution in [1.82, 2.24) is 10.3 Å². The quantitative estimate of drug-likeness (QED) is 0.269. The monoisotopic (exact) mass is 487 g/mol. The van der Waals surface area contributed by atoms with Crippen LogP contribution in [0.15, 0.2) is 41.5 Å². The average molecular weight is 487 g/mol. The van der Waals surface area contributed by atoms with E-state index in [0.717, 1.165) is 18.3 Å². The van der Waals surface area contributed by atoms with E-state index in [1.165, 1.54) is 12.1 Å². The molecule has 12 heteroatoms. The molecule has 0 saturated carbocycles. The molecule has 0 aliphatic carbocycles. The van der Waals surface area contributed by atoms with Gasteiger partial charge in [-0.1, -0.05) is 18.2 Å². The first kappa shape index (κ1) is 24.6. The van der Waals surface area contributed by atoms with E-state index in [4.69, 9.17) is 5.73 Å². The van der Waals surface area contributed by atoms with E-state index >= 15 is 0 Å². The minimum Gasteiger partial charge on any atom is -0.405 e. The van der Waals surface area contributed by atoms with Crippen LogP contribution < -0.4 is 20.8 Å². The Labute approximate surface area is 192 Å². The zero-order chi connectivity index (χ0) is 24.2. The molecule has 178 valence electrons. The van der Waals surface area contributed by atoms with Gasteiger partial charge in [0, 0.05) is 42.9 Å². The minimum absolute atomic E-state index is 0.0749. The number of hydrogen-bond donors (Lipinski definition) is 2. The van der Waals surface area contributed by atoms with Gasteiger partial charge in [0.05, 0.1) is 11.9 Å². The molecule has 0 aromatic heterocycles. The van der Waals surface area contributed by atoms with Crippen molar-refractivity contribution in [2.75, 3.05) is 25.0 Å². The molecule has 2 aromatic rings. The number of anilines is 1. The number of nitrogens with two attached hydrogens (primary N) is 1. The molecule has 2 aromatic carbocycles. The highest BCUT2D eigenvalue weighted by Gasteiger charge is 2.33. The van der Waals surface area contributed by atoms with Gasteiger partial charge in [-0.2, -0.15) is 5.10 Å². The summed E-state index contributed by atoms with van der Waals surface area (Å²) in [6.07, 6.45) is -3.09. The minimum atomic E-state index is -4.79. The molecule has 0 amide bonds. The lowest BCUT2D eigenvalue weighted by Gasteiger charge is -2.26. The van der Waals surface area contributed by atoms with E-state index in [1.54, 1.807) is 24.1 Å². The highest BCUT2D eigenvalue weighted by molar-refractivity contribution is 7.80. The summed E-state index contributed by atoms with van der Waals surface area (Å²) in [7, 11) is 1.77. The molecule has 3 N–H and O–H groups in total. The number of benzene rings is 2. The number of alkyl halides is 3. The molecule has 0 spiro atoms. The van der Waals surface area contributed by atoms with Crippen LogP contribution in [-0.2, 0) is 6.54 Å². The fourth-order valence-electron chi connectivity index (χ4n) is 3.64. The number of ether oxygens (including phenoxy) is 1. The van der Waals surface area contributed by atoms with Crippen LogP contribution in [0, 0.1) is 11.6 Å². The maximum Gasteiger partial charge on any atom is 0.573 e. The molecule has 1 unspecified atom stereocenters. The zero-order valence-electron chi connectivity index (χ0n) is 17.6. The van der Waals surface area contributed by atoms with Crippen LogP contribution >= 0.6 is 12.2 Å². The summed E-state index contributed by atoms with van der Waals surface area (Å²) >= 11 is 4.58. The van der Waals surface area contributed by atoms with Crippen LogP contribution in [0.4, 0.5) is 27.6 Å². The average Bonchev–Trinajstić information content (AvgIpc) is 3.20. The molecule has 1 heterocycles. The first-order valence-corrected chi connectivity index (χ1v) is 10.3. The maximum atomic E-state index is 14.7. The highest BCUT2D eigenvalue weighted by atomic mass is 32.1. The largest absolute Gasteiger partial charge is 0.573 e. The molecule has 1 atom stereocenters. The molecule has 1 aliphatic rings. The van der Waals surface area contributed by atoms with E-state index in [-0.39, 0.29) is 34.7 Å². The number of rotatable bonds is 7. The SMILES string of the molecule is CN(Cc1ccccc1OC(F)(F)F)C1CCN(c2cc(F)c(C=NNC(N)=S)cc2F)C1. The summed E-state index contributed by atoms with van der Waals surface area (Å²) in [4.78, 5) is 3.57. The Balaban J connectivity index is 1.68. The number of hydrazone groups is 1. The fourth-order valence-corrected chi connectivity index (χ4v) is 3.69. The van der Waals surface area contributed by atoms with E-state index in [1.807, 2.05) is 4.90 Å². The molecule has 3 rings (SSSR count). The van der Waals surface area contributed by atoms with Gasteiger partial charge in [0.1, 0.15) is 17.4 Å². The number of nitrogens with zero attached hydrogens (tertiary/aromatic N) is 3. The highest BCUT2D eigenvalue weighted by Crippen LogP contribution is 2.30. The van der Waals surface area contributed by atoms with Crippen LogP contribution in [0.3, 0.4) is 0 Å². The second-order valence-corrected chi connectivity index (χ2v) is 7.96. The Morgan fingerprint density at radius 2 is 2.03 bits per heavy atom. The lowest BCUT2D eigenvalue weighted by Crippen LogP contribution is -2.34. The van der Waals surface area contributed by atoms with Crippen molar-refractivity contribution >= 4 is 29.2 Å². The molecule has 1 fully saturated rings. The number of likely N-dealkylation sites (N-methyl/N-ethyl adjacent to an activating group) is 1.